The largest absolute Gasteiger partial charge is 0.518 e. The Morgan fingerprint density at radius 2 is 1.61 bits per heavy atom. The van der Waals surface area contributed by atoms with E-state index < -0.39 is 8.80 Å². The second-order valence-corrected chi connectivity index (χ2v) is 13.5. The molecule has 0 amide bonds. The van der Waals surface area contributed by atoms with Gasteiger partial charge in [-0.05, 0) is 38.0 Å². The molecule has 1 aliphatic heterocycles. The minimum absolute atomic E-state index is 0.300. The molecule has 1 saturated heterocycles. The molecule has 2 unspecified atom stereocenters. The van der Waals surface area contributed by atoms with Crippen LogP contribution in [-0.4, -0.2) is 65.9 Å². The van der Waals surface area contributed by atoms with Crippen LogP contribution in [0.15, 0.2) is 0 Å². The minimum atomic E-state index is -2.87. The van der Waals surface area contributed by atoms with E-state index in [1.54, 1.807) is 0 Å². The number of rotatable bonds is 23. The zero-order valence-corrected chi connectivity index (χ0v) is 25.3. The molecule has 1 fully saturated rings. The number of thioether (sulfide) groups is 1. The number of carbonyl (C=O) groups is 1. The van der Waals surface area contributed by atoms with Gasteiger partial charge in [-0.1, -0.05) is 77.5 Å². The van der Waals surface area contributed by atoms with E-state index in [0.29, 0.717) is 56.5 Å². The Kier molecular flexibility index (Phi) is 22.7. The predicted molar refractivity (Wildman–Crippen MR) is 151 cm³/mol. The second-order valence-electron chi connectivity index (χ2n) is 9.69. The molecular formula is C27H55NO6SSi. The van der Waals surface area contributed by atoms with E-state index in [1.165, 1.54) is 50.3 Å². The first-order valence-electron chi connectivity index (χ1n) is 14.7. The van der Waals surface area contributed by atoms with Crippen LogP contribution in [0, 0.1) is 5.92 Å². The molecule has 36 heavy (non-hydrogen) atoms. The van der Waals surface area contributed by atoms with E-state index in [9.17, 15) is 4.79 Å². The van der Waals surface area contributed by atoms with Crippen LogP contribution in [0.1, 0.15) is 104 Å². The van der Waals surface area contributed by atoms with E-state index in [0.717, 1.165) is 57.4 Å². The number of unbranched alkanes of at least 4 members (excludes halogenated alkanes) is 6. The third kappa shape index (κ3) is 18.3. The van der Waals surface area contributed by atoms with Crippen LogP contribution in [0.25, 0.3) is 0 Å². The predicted octanol–water partition coefficient (Wildman–Crippen LogP) is 6.53. The van der Waals surface area contributed by atoms with Gasteiger partial charge in [0.25, 0.3) is 0 Å². The van der Waals surface area contributed by atoms with Gasteiger partial charge in [-0.25, -0.2) is 5.48 Å². The third-order valence-electron chi connectivity index (χ3n) is 6.35. The van der Waals surface area contributed by atoms with Crippen molar-refractivity contribution in [3.63, 3.8) is 0 Å². The molecule has 9 heteroatoms. The van der Waals surface area contributed by atoms with Crippen molar-refractivity contribution in [2.45, 2.75) is 110 Å². The van der Waals surface area contributed by atoms with Gasteiger partial charge in [0.2, 0.25) is 0 Å². The first kappa shape index (κ1) is 34.0. The van der Waals surface area contributed by atoms with Crippen LogP contribution in [-0.2, 0) is 27.6 Å². The molecule has 0 bridgehead atoms. The number of nitrogens with one attached hydrogen (secondary N) is 1. The van der Waals surface area contributed by atoms with Crippen molar-refractivity contribution in [1.82, 2.24) is 5.48 Å². The van der Waals surface area contributed by atoms with Gasteiger partial charge < -0.3 is 18.3 Å². The van der Waals surface area contributed by atoms with Crippen LogP contribution in [0.5, 0.6) is 0 Å². The molecule has 2 atom stereocenters. The summed E-state index contributed by atoms with van der Waals surface area (Å²) < 4.78 is 29.9. The molecule has 0 aromatic rings. The number of carbonyl (C=O) groups excluding carboxylic acids is 1. The molecule has 214 valence electrons. The fourth-order valence-electron chi connectivity index (χ4n) is 4.03. The second kappa shape index (κ2) is 24.1. The molecule has 1 aliphatic rings. The first-order valence-corrected chi connectivity index (χ1v) is 17.6. The number of hydrogen-bond donors (Lipinski definition) is 1. The lowest BCUT2D eigenvalue weighted by Crippen LogP contribution is -2.52. The highest BCUT2D eigenvalue weighted by Crippen LogP contribution is 2.24. The Hall–Kier alpha value is -0.00312. The lowest BCUT2D eigenvalue weighted by Gasteiger charge is -2.33. The van der Waals surface area contributed by atoms with Crippen LogP contribution < -0.4 is 5.48 Å². The molecular weight excluding hydrogens is 494 g/mol. The van der Waals surface area contributed by atoms with Gasteiger partial charge in [-0.2, -0.15) is 0 Å². The average molecular weight is 550 g/mol. The van der Waals surface area contributed by atoms with Crippen LogP contribution >= 0.6 is 11.8 Å². The molecule has 0 aliphatic carbocycles. The average Bonchev–Trinajstić information content (AvgIpc) is 2.86. The molecule has 0 spiro atoms. The summed E-state index contributed by atoms with van der Waals surface area (Å²) in [7, 11) is -2.87. The van der Waals surface area contributed by atoms with E-state index in [4.69, 9.17) is 22.9 Å². The molecule has 1 N–H and O–H groups in total. The third-order valence-corrected chi connectivity index (χ3v) is 10.1. The zero-order chi connectivity index (χ0) is 26.2. The van der Waals surface area contributed by atoms with Gasteiger partial charge in [0, 0.05) is 38.0 Å². The van der Waals surface area contributed by atoms with Gasteiger partial charge in [0.15, 0.2) is 5.12 Å². The highest BCUT2D eigenvalue weighted by Gasteiger charge is 2.42. The maximum Gasteiger partial charge on any atom is 0.518 e. The summed E-state index contributed by atoms with van der Waals surface area (Å²) in [5, 5.41) is 0.300. The van der Waals surface area contributed by atoms with Crippen LogP contribution in [0.3, 0.4) is 0 Å². The summed E-state index contributed by atoms with van der Waals surface area (Å²) in [6.45, 7) is 11.0. The fourth-order valence-corrected chi connectivity index (χ4v) is 7.42. The lowest BCUT2D eigenvalue weighted by atomic mass is 9.99. The molecule has 0 radical (unpaired) electrons. The van der Waals surface area contributed by atoms with Crippen molar-refractivity contribution in [1.29, 1.82) is 0 Å². The van der Waals surface area contributed by atoms with E-state index in [2.05, 4.69) is 26.3 Å². The van der Waals surface area contributed by atoms with Crippen LogP contribution in [0.4, 0.5) is 0 Å². The molecule has 0 aromatic heterocycles. The Balaban J connectivity index is 2.39. The van der Waals surface area contributed by atoms with Crippen molar-refractivity contribution in [3.8, 4) is 0 Å². The zero-order valence-electron chi connectivity index (χ0n) is 23.5. The highest BCUT2D eigenvalue weighted by atomic mass is 32.2. The molecule has 0 saturated carbocycles. The summed E-state index contributed by atoms with van der Waals surface area (Å²) in [4.78, 5) is 12.2. The summed E-state index contributed by atoms with van der Waals surface area (Å²) in [5.41, 5.74) is 3.19. The summed E-state index contributed by atoms with van der Waals surface area (Å²) >= 11 is 1.45. The van der Waals surface area contributed by atoms with Crippen molar-refractivity contribution >= 4 is 25.7 Å². The first-order chi connectivity index (χ1) is 17.7. The molecule has 1 heterocycles. The van der Waals surface area contributed by atoms with Gasteiger partial charge in [-0.15, -0.1) is 0 Å². The fraction of sp³-hybridized carbons (Fsp3) is 0.963. The molecule has 1 rings (SSSR count). The normalized spacial score (nSPS) is 20.8. The van der Waals surface area contributed by atoms with Crippen molar-refractivity contribution in [3.05, 3.63) is 0 Å². The summed E-state index contributed by atoms with van der Waals surface area (Å²) in [6.07, 6.45) is 14.3. The van der Waals surface area contributed by atoms with Crippen molar-refractivity contribution in [2.75, 3.05) is 51.9 Å². The van der Waals surface area contributed by atoms with E-state index in [1.807, 2.05) is 0 Å². The van der Waals surface area contributed by atoms with Gasteiger partial charge in [0.05, 0.1) is 26.4 Å². The Morgan fingerprint density at radius 1 is 0.889 bits per heavy atom. The van der Waals surface area contributed by atoms with Gasteiger partial charge in [0.1, 0.15) is 0 Å². The Morgan fingerprint density at radius 3 is 2.39 bits per heavy atom. The maximum atomic E-state index is 12.2. The number of hydrogen-bond acceptors (Lipinski definition) is 8. The maximum absolute atomic E-state index is 12.2. The van der Waals surface area contributed by atoms with Gasteiger partial charge >= 0.3 is 8.80 Å². The standard InChI is InChI=1S/C27H55NO6SSi/c1-4-7-10-11-12-15-27(29)35-23-13-24-36(33-22-21-31-20-19-30-17-9-6-3)32-18-16-26(14-8-5-2)25-28-34-36/h26,28H,4-25H2,1-3H3. The van der Waals surface area contributed by atoms with Gasteiger partial charge in [-0.3, -0.25) is 9.32 Å². The molecule has 7 nitrogen and oxygen atoms in total. The van der Waals surface area contributed by atoms with Crippen molar-refractivity contribution < 1.29 is 27.6 Å². The van der Waals surface area contributed by atoms with Crippen molar-refractivity contribution in [2.24, 2.45) is 5.92 Å². The lowest BCUT2D eigenvalue weighted by molar-refractivity contribution is -0.111. The summed E-state index contributed by atoms with van der Waals surface area (Å²) in [6, 6.07) is 0.705. The monoisotopic (exact) mass is 549 g/mol. The molecule has 0 aromatic carbocycles. The Labute approximate surface area is 226 Å². The van der Waals surface area contributed by atoms with Crippen LogP contribution in [0.2, 0.25) is 6.04 Å². The smallest absolute Gasteiger partial charge is 0.379 e. The topological polar surface area (TPSA) is 75.3 Å². The van der Waals surface area contributed by atoms with E-state index >= 15 is 0 Å². The van der Waals surface area contributed by atoms with E-state index in [-0.39, 0.29) is 0 Å². The Bertz CT molecular complexity index is 507. The number of ether oxygens (including phenoxy) is 2. The highest BCUT2D eigenvalue weighted by molar-refractivity contribution is 8.13. The quantitative estimate of drug-likeness (QED) is 0.114. The minimum Gasteiger partial charge on any atom is -0.379 e. The summed E-state index contributed by atoms with van der Waals surface area (Å²) in [5.74, 6) is 1.35. The number of hydroxylamine groups is 1. The SMILES string of the molecule is CCCCCCCC(=O)SCCC[Si]1(OCCOCCOCCCC)OCCC(CCCC)CNO1.